The molecule has 0 aliphatic carbocycles. The van der Waals surface area contributed by atoms with Gasteiger partial charge < -0.3 is 4.74 Å². The van der Waals surface area contributed by atoms with Crippen molar-refractivity contribution in [1.29, 1.82) is 0 Å². The van der Waals surface area contributed by atoms with Crippen molar-refractivity contribution in [3.05, 3.63) is 65.5 Å². The molecule has 2 nitrogen and oxygen atoms in total. The predicted octanol–water partition coefficient (Wildman–Crippen LogP) is 3.01. The van der Waals surface area contributed by atoms with E-state index in [1.54, 1.807) is 12.1 Å². The number of hydrogen-bond acceptors (Lipinski definition) is 2. The van der Waals surface area contributed by atoms with Gasteiger partial charge in [0.1, 0.15) is 11.6 Å². The summed E-state index contributed by atoms with van der Waals surface area (Å²) < 4.78 is 19.1. The van der Waals surface area contributed by atoms with Crippen LogP contribution in [0.15, 0.2) is 48.5 Å². The molecule has 1 atom stereocenters. The molecule has 0 N–H and O–H groups in total. The lowest BCUT2D eigenvalue weighted by Crippen LogP contribution is -2.26. The van der Waals surface area contributed by atoms with Crippen molar-refractivity contribution >= 4 is 5.78 Å². The van der Waals surface area contributed by atoms with E-state index < -0.39 is 11.9 Å². The minimum absolute atomic E-state index is 0.0929. The highest BCUT2D eigenvalue weighted by Gasteiger charge is 2.30. The number of ketones is 1. The second-order valence-corrected chi connectivity index (χ2v) is 4.26. The molecule has 0 saturated heterocycles. The van der Waals surface area contributed by atoms with Crippen LogP contribution in [0.5, 0.6) is 5.75 Å². The second-order valence-electron chi connectivity index (χ2n) is 4.26. The van der Waals surface area contributed by atoms with Crippen LogP contribution in [0.3, 0.4) is 0 Å². The molecular formula is C15H11FO2. The predicted molar refractivity (Wildman–Crippen MR) is 65.3 cm³/mol. The molecule has 1 aliphatic heterocycles. The van der Waals surface area contributed by atoms with E-state index >= 15 is 0 Å². The zero-order valence-corrected chi connectivity index (χ0v) is 9.60. The maximum atomic E-state index is 13.5. The number of rotatable bonds is 2. The summed E-state index contributed by atoms with van der Waals surface area (Å²) in [5.74, 6) is -0.0847. The Kier molecular flexibility index (Phi) is 2.59. The summed E-state index contributed by atoms with van der Waals surface area (Å²) in [5, 5.41) is 0. The van der Waals surface area contributed by atoms with Crippen LogP contribution in [0.4, 0.5) is 4.39 Å². The van der Waals surface area contributed by atoms with Crippen molar-refractivity contribution in [1.82, 2.24) is 0 Å². The quantitative estimate of drug-likeness (QED) is 0.757. The highest BCUT2D eigenvalue weighted by atomic mass is 19.1. The minimum atomic E-state index is -0.612. The molecule has 3 heteroatoms. The van der Waals surface area contributed by atoms with E-state index in [0.717, 1.165) is 5.56 Å². The number of hydrogen-bond donors (Lipinski definition) is 0. The second kappa shape index (κ2) is 4.26. The Morgan fingerprint density at radius 3 is 2.61 bits per heavy atom. The minimum Gasteiger partial charge on any atom is -0.482 e. The van der Waals surface area contributed by atoms with Gasteiger partial charge in [-0.2, -0.15) is 0 Å². The Bertz CT molecular complexity index is 582. The molecule has 3 rings (SSSR count). The lowest BCUT2D eigenvalue weighted by molar-refractivity contribution is 0.0820. The van der Waals surface area contributed by atoms with E-state index in [1.165, 1.54) is 12.1 Å². The molecule has 2 aromatic carbocycles. The standard InChI is InChI=1S/C15H11FO2/c16-12-7-3-2-6-11(12)15(17)14-9-10-5-1-4-8-13(10)18-14/h1-8,14H,9H2. The smallest absolute Gasteiger partial charge is 0.206 e. The van der Waals surface area contributed by atoms with E-state index in [0.29, 0.717) is 12.2 Å². The molecule has 0 radical (unpaired) electrons. The molecule has 0 fully saturated rings. The average molecular weight is 242 g/mol. The summed E-state index contributed by atoms with van der Waals surface area (Å²) >= 11 is 0. The SMILES string of the molecule is O=C(c1ccccc1F)C1Cc2ccccc2O1. The van der Waals surface area contributed by atoms with Crippen LogP contribution < -0.4 is 4.74 Å². The highest BCUT2D eigenvalue weighted by molar-refractivity contribution is 6.00. The number of fused-ring (bicyclic) bond motifs is 1. The molecule has 1 unspecified atom stereocenters. The third-order valence-corrected chi connectivity index (χ3v) is 3.08. The zero-order chi connectivity index (χ0) is 12.5. The van der Waals surface area contributed by atoms with E-state index in [1.807, 2.05) is 24.3 Å². The van der Waals surface area contributed by atoms with E-state index in [2.05, 4.69) is 0 Å². The highest BCUT2D eigenvalue weighted by Crippen LogP contribution is 2.29. The molecule has 0 bridgehead atoms. The summed E-state index contributed by atoms with van der Waals surface area (Å²) in [4.78, 5) is 12.2. The van der Waals surface area contributed by atoms with Gasteiger partial charge in [0.05, 0.1) is 5.56 Å². The summed E-state index contributed by atoms with van der Waals surface area (Å²) in [6, 6.07) is 13.5. The van der Waals surface area contributed by atoms with Gasteiger partial charge in [-0.25, -0.2) is 4.39 Å². The number of carbonyl (C=O) groups is 1. The number of benzene rings is 2. The van der Waals surface area contributed by atoms with Gasteiger partial charge in [-0.15, -0.1) is 0 Å². The maximum absolute atomic E-state index is 13.5. The molecule has 0 spiro atoms. The van der Waals surface area contributed by atoms with Crippen LogP contribution >= 0.6 is 0 Å². The van der Waals surface area contributed by atoms with Crippen molar-refractivity contribution in [2.75, 3.05) is 0 Å². The number of halogens is 1. The Morgan fingerprint density at radius 2 is 1.83 bits per heavy atom. The van der Waals surface area contributed by atoms with Crippen molar-refractivity contribution in [3.8, 4) is 5.75 Å². The molecule has 0 saturated carbocycles. The normalized spacial score (nSPS) is 17.1. The van der Waals surface area contributed by atoms with E-state index in [-0.39, 0.29) is 11.3 Å². The van der Waals surface area contributed by atoms with Crippen LogP contribution in [0.1, 0.15) is 15.9 Å². The van der Waals surface area contributed by atoms with Crippen molar-refractivity contribution in [2.24, 2.45) is 0 Å². The van der Waals surface area contributed by atoms with Crippen LogP contribution in [0, 0.1) is 5.82 Å². The largest absolute Gasteiger partial charge is 0.482 e. The van der Waals surface area contributed by atoms with Gasteiger partial charge in [0, 0.05) is 6.42 Å². The summed E-state index contributed by atoms with van der Waals surface area (Å²) in [6.07, 6.45) is -0.108. The van der Waals surface area contributed by atoms with Gasteiger partial charge in [0.2, 0.25) is 5.78 Å². The number of ether oxygens (including phenoxy) is 1. The van der Waals surface area contributed by atoms with Gasteiger partial charge in [0.15, 0.2) is 6.10 Å². The Balaban J connectivity index is 1.87. The fourth-order valence-electron chi connectivity index (χ4n) is 2.16. The number of Topliss-reactive ketones (excluding diaryl/α,β-unsaturated/α-hetero) is 1. The third kappa shape index (κ3) is 1.78. The molecule has 0 amide bonds. The fraction of sp³-hybridized carbons (Fsp3) is 0.133. The Morgan fingerprint density at radius 1 is 1.11 bits per heavy atom. The molecule has 0 aromatic heterocycles. The fourth-order valence-corrected chi connectivity index (χ4v) is 2.16. The third-order valence-electron chi connectivity index (χ3n) is 3.08. The van der Waals surface area contributed by atoms with Gasteiger partial charge in [-0.05, 0) is 23.8 Å². The van der Waals surface area contributed by atoms with Gasteiger partial charge in [-0.1, -0.05) is 30.3 Å². The lowest BCUT2D eigenvalue weighted by Gasteiger charge is -2.09. The molecule has 18 heavy (non-hydrogen) atoms. The topological polar surface area (TPSA) is 26.3 Å². The van der Waals surface area contributed by atoms with Crippen molar-refractivity contribution in [3.63, 3.8) is 0 Å². The van der Waals surface area contributed by atoms with Crippen molar-refractivity contribution in [2.45, 2.75) is 12.5 Å². The zero-order valence-electron chi connectivity index (χ0n) is 9.60. The Labute approximate surface area is 104 Å². The number of carbonyl (C=O) groups excluding carboxylic acids is 1. The van der Waals surface area contributed by atoms with Gasteiger partial charge in [0.25, 0.3) is 0 Å². The van der Waals surface area contributed by atoms with E-state index in [9.17, 15) is 9.18 Å². The molecule has 1 heterocycles. The Hall–Kier alpha value is -2.16. The van der Waals surface area contributed by atoms with Gasteiger partial charge >= 0.3 is 0 Å². The summed E-state index contributed by atoms with van der Waals surface area (Å²) in [6.45, 7) is 0. The van der Waals surface area contributed by atoms with Crippen LogP contribution in [-0.4, -0.2) is 11.9 Å². The molecule has 1 aliphatic rings. The first-order valence-corrected chi connectivity index (χ1v) is 5.79. The van der Waals surface area contributed by atoms with Crippen molar-refractivity contribution < 1.29 is 13.9 Å². The summed E-state index contributed by atoms with van der Waals surface area (Å²) in [5.41, 5.74) is 1.09. The lowest BCUT2D eigenvalue weighted by atomic mass is 10.0. The summed E-state index contributed by atoms with van der Waals surface area (Å²) in [7, 11) is 0. The van der Waals surface area contributed by atoms with Crippen LogP contribution in [0.2, 0.25) is 0 Å². The first kappa shape index (κ1) is 11.0. The van der Waals surface area contributed by atoms with Crippen LogP contribution in [0.25, 0.3) is 0 Å². The number of para-hydroxylation sites is 1. The van der Waals surface area contributed by atoms with Crippen LogP contribution in [-0.2, 0) is 6.42 Å². The van der Waals surface area contributed by atoms with E-state index in [4.69, 9.17) is 4.74 Å². The monoisotopic (exact) mass is 242 g/mol. The molecular weight excluding hydrogens is 231 g/mol. The average Bonchev–Trinajstić information content (AvgIpc) is 2.82. The van der Waals surface area contributed by atoms with Gasteiger partial charge in [-0.3, -0.25) is 4.79 Å². The molecule has 90 valence electrons. The molecule has 2 aromatic rings. The first-order chi connectivity index (χ1) is 8.75. The maximum Gasteiger partial charge on any atom is 0.206 e. The first-order valence-electron chi connectivity index (χ1n) is 5.79.